The zero-order chi connectivity index (χ0) is 49.4. The number of phenolic OH excluding ortho intramolecular Hbond substituents is 11. The molecule has 7 atom stereocenters. The van der Waals surface area contributed by atoms with Crippen LogP contribution in [0.2, 0.25) is 0 Å². The van der Waals surface area contributed by atoms with Crippen LogP contribution < -0.4 is 4.74 Å². The Bertz CT molecular complexity index is 3020. The van der Waals surface area contributed by atoms with Crippen LogP contribution in [0.3, 0.4) is 0 Å². The predicted octanol–water partition coefficient (Wildman–Crippen LogP) is -1.10. The van der Waals surface area contributed by atoms with E-state index in [1.165, 1.54) is 0 Å². The first-order valence-corrected chi connectivity index (χ1v) is 19.1. The molecular formula is C41H28O27. The molecule has 0 radical (unpaired) electrons. The fraction of sp³-hybridized carbons (Fsp3) is 0.220. The fourth-order valence-electron chi connectivity index (χ4n) is 8.25. The van der Waals surface area contributed by atoms with E-state index in [9.17, 15) is 100 Å². The number of benzene rings is 4. The van der Waals surface area contributed by atoms with E-state index in [-0.39, 0.29) is 6.08 Å². The molecule has 0 saturated carbocycles. The smallest absolute Gasteiger partial charge is 0.341 e. The molecule has 1 saturated heterocycles. The highest BCUT2D eigenvalue weighted by Gasteiger charge is 2.70. The quantitative estimate of drug-likeness (QED) is 0.0491. The lowest BCUT2D eigenvalue weighted by Crippen LogP contribution is -2.70. The van der Waals surface area contributed by atoms with Gasteiger partial charge in [0.15, 0.2) is 64.0 Å². The van der Waals surface area contributed by atoms with E-state index in [2.05, 4.69) is 0 Å². The lowest BCUT2D eigenvalue weighted by molar-refractivity contribution is -0.339. The number of fused-ring (bicyclic) bond motifs is 10. The van der Waals surface area contributed by atoms with Crippen LogP contribution in [-0.4, -0.2) is 156 Å². The molecule has 354 valence electrons. The normalized spacial score (nSPS) is 25.7. The maximum absolute atomic E-state index is 14.5. The van der Waals surface area contributed by atoms with E-state index in [1.807, 2.05) is 0 Å². The van der Waals surface area contributed by atoms with E-state index >= 15 is 0 Å². The van der Waals surface area contributed by atoms with Crippen LogP contribution in [0.25, 0.3) is 11.1 Å². The Morgan fingerprint density at radius 3 is 1.71 bits per heavy atom. The number of carbonyl (C=O) groups is 6. The molecular weight excluding hydrogens is 924 g/mol. The SMILES string of the molecule is O=C1O[C@H]2[C@@H]3OC(=O)c4cc(O)c(O)c(O)c4-c4c(cc(O)c(O)c4O)C(=O)OC[C@@H](O3)[C@@H](OC(=O)c3cc(O)c(O)c4c3[C@H]3C1=CC(=O)[C@@](O)(O4)C3(O)O)[C@@H]2OC(=O)c1cc(O)c(O)c(O)c1. The maximum Gasteiger partial charge on any atom is 0.341 e. The van der Waals surface area contributed by atoms with Gasteiger partial charge in [0.05, 0.1) is 33.7 Å². The second-order valence-corrected chi connectivity index (χ2v) is 15.5. The summed E-state index contributed by atoms with van der Waals surface area (Å²) < 4.78 is 38.9. The Labute approximate surface area is 373 Å². The lowest BCUT2D eigenvalue weighted by Gasteiger charge is -2.49. The topological polar surface area (TPSA) is 450 Å². The summed E-state index contributed by atoms with van der Waals surface area (Å²) in [5, 5.41) is 150. The molecule has 4 aliphatic heterocycles. The molecule has 4 heterocycles. The number of ketones is 1. The van der Waals surface area contributed by atoms with Gasteiger partial charge in [0.1, 0.15) is 12.7 Å². The van der Waals surface area contributed by atoms with Crippen LogP contribution in [0, 0.1) is 0 Å². The van der Waals surface area contributed by atoms with Crippen LogP contribution in [0.1, 0.15) is 52.9 Å². The van der Waals surface area contributed by atoms with E-state index in [4.69, 9.17) is 33.2 Å². The molecule has 14 N–H and O–H groups in total. The third-order valence-electron chi connectivity index (χ3n) is 11.5. The molecule has 0 unspecified atom stereocenters. The van der Waals surface area contributed by atoms with E-state index in [0.717, 1.165) is 0 Å². The minimum absolute atomic E-state index is 0.238. The Hall–Kier alpha value is -8.92. The van der Waals surface area contributed by atoms with E-state index < -0.39 is 204 Å². The summed E-state index contributed by atoms with van der Waals surface area (Å²) in [6, 6.07) is 2.32. The molecule has 5 aliphatic rings. The minimum Gasteiger partial charge on any atom is -0.504 e. The van der Waals surface area contributed by atoms with E-state index in [1.54, 1.807) is 0 Å². The van der Waals surface area contributed by atoms with Gasteiger partial charge in [0, 0.05) is 16.7 Å². The molecule has 0 aromatic heterocycles. The molecule has 0 spiro atoms. The fourth-order valence-corrected chi connectivity index (χ4v) is 8.25. The van der Waals surface area contributed by atoms with Gasteiger partial charge in [-0.15, -0.1) is 0 Å². The molecule has 27 heteroatoms. The third-order valence-corrected chi connectivity index (χ3v) is 11.5. The van der Waals surface area contributed by atoms with Crippen molar-refractivity contribution in [3.63, 3.8) is 0 Å². The highest BCUT2D eigenvalue weighted by atomic mass is 16.8. The Morgan fingerprint density at radius 2 is 1.10 bits per heavy atom. The van der Waals surface area contributed by atoms with Crippen molar-refractivity contribution in [2.75, 3.05) is 6.61 Å². The van der Waals surface area contributed by atoms with Gasteiger partial charge >= 0.3 is 35.6 Å². The van der Waals surface area contributed by atoms with Crippen LogP contribution in [0.4, 0.5) is 0 Å². The number of hydrogen-bond acceptors (Lipinski definition) is 27. The standard InChI is InChI=1S/C41H28O27/c42-13-1-8(2-14(43)24(13)48)34(54)65-32-30-18-7-62-35(55)9-3-15(44)25(49)28(52)20(9)21-10(4-16(45)26(50)29(21)53)37(57)67-39(63-18)33(32)66-38(58)12-6-19(47)41(61)40(59,60)23(12)22-11(36(56)64-30)5-17(46)27(51)31(22)68-41/h1-6,18,23,30,32-33,39,42-46,48-53,59-61H,7H2/t18-,23-,30-,32+,33-,39+,41-/m1/s1. The predicted molar refractivity (Wildman–Crippen MR) is 204 cm³/mol. The average molecular weight is 953 g/mol. The summed E-state index contributed by atoms with van der Waals surface area (Å²) in [6.45, 7) is -1.30. The van der Waals surface area contributed by atoms with Crippen LogP contribution in [0.15, 0.2) is 42.0 Å². The van der Waals surface area contributed by atoms with Crippen molar-refractivity contribution in [1.29, 1.82) is 0 Å². The van der Waals surface area contributed by atoms with Crippen molar-refractivity contribution in [2.24, 2.45) is 0 Å². The Balaban J connectivity index is 1.29. The summed E-state index contributed by atoms with van der Waals surface area (Å²) in [4.78, 5) is 84.8. The molecule has 1 aliphatic carbocycles. The van der Waals surface area contributed by atoms with Crippen LogP contribution in [-0.2, 0) is 38.0 Å². The van der Waals surface area contributed by atoms with Gasteiger partial charge in [0.2, 0.25) is 35.4 Å². The minimum atomic E-state index is -3.99. The first-order chi connectivity index (χ1) is 31.9. The molecule has 1 fully saturated rings. The zero-order valence-electron chi connectivity index (χ0n) is 33.2. The largest absolute Gasteiger partial charge is 0.504 e. The number of aliphatic hydroxyl groups is 3. The van der Waals surface area contributed by atoms with Crippen molar-refractivity contribution >= 4 is 35.6 Å². The Kier molecular flexibility index (Phi) is 9.64. The van der Waals surface area contributed by atoms with Gasteiger partial charge in [-0.3, -0.25) is 4.79 Å². The molecule has 0 amide bonds. The monoisotopic (exact) mass is 952 g/mol. The first kappa shape index (κ1) is 44.3. The Morgan fingerprint density at radius 1 is 0.588 bits per heavy atom. The van der Waals surface area contributed by atoms with Gasteiger partial charge in [-0.2, -0.15) is 0 Å². The van der Waals surface area contributed by atoms with Crippen LogP contribution >= 0.6 is 0 Å². The summed E-state index contributed by atoms with van der Waals surface area (Å²) in [7, 11) is 0. The molecule has 6 bridgehead atoms. The zero-order valence-corrected chi connectivity index (χ0v) is 33.2. The van der Waals surface area contributed by atoms with Crippen LogP contribution in [0.5, 0.6) is 69.0 Å². The third kappa shape index (κ3) is 6.21. The number of rotatable bonds is 2. The van der Waals surface area contributed by atoms with Crippen molar-refractivity contribution < 1.29 is 133 Å². The lowest BCUT2D eigenvalue weighted by atomic mass is 9.70. The van der Waals surface area contributed by atoms with Crippen molar-refractivity contribution in [3.05, 3.63) is 69.8 Å². The summed E-state index contributed by atoms with van der Waals surface area (Å²) in [5.41, 5.74) is -8.44. The van der Waals surface area contributed by atoms with Gasteiger partial charge in [-0.1, -0.05) is 0 Å². The molecule has 9 rings (SSSR count). The van der Waals surface area contributed by atoms with Gasteiger partial charge in [-0.05, 0) is 36.4 Å². The maximum atomic E-state index is 14.5. The summed E-state index contributed by atoms with van der Waals surface area (Å²) >= 11 is 0. The average Bonchev–Trinajstić information content (AvgIpc) is 3.28. The van der Waals surface area contributed by atoms with Gasteiger partial charge < -0.3 is 105 Å². The number of hydrogen-bond donors (Lipinski definition) is 14. The second kappa shape index (κ2) is 14.8. The summed E-state index contributed by atoms with van der Waals surface area (Å²) in [6.07, 6.45) is -12.2. The number of ether oxygens (including phenoxy) is 7. The summed E-state index contributed by atoms with van der Waals surface area (Å²) in [5.74, 6) is -36.5. The number of carbonyl (C=O) groups excluding carboxylic acids is 6. The van der Waals surface area contributed by atoms with Crippen molar-refractivity contribution in [2.45, 2.75) is 48.2 Å². The molecule has 68 heavy (non-hydrogen) atoms. The van der Waals surface area contributed by atoms with Crippen molar-refractivity contribution in [1.82, 2.24) is 0 Å². The highest BCUT2D eigenvalue weighted by molar-refractivity contribution is 6.10. The van der Waals surface area contributed by atoms with Crippen molar-refractivity contribution in [3.8, 4) is 80.1 Å². The molecule has 4 aromatic carbocycles. The number of esters is 5. The number of aromatic hydroxyl groups is 11. The number of phenols is 11. The highest BCUT2D eigenvalue weighted by Crippen LogP contribution is 2.59. The first-order valence-electron chi connectivity index (χ1n) is 19.1. The molecule has 4 aromatic rings. The second-order valence-electron chi connectivity index (χ2n) is 15.5. The number of cyclic esters (lactones) is 1. The van der Waals surface area contributed by atoms with E-state index in [0.29, 0.717) is 30.3 Å². The van der Waals surface area contributed by atoms with Gasteiger partial charge in [0.25, 0.3) is 5.79 Å². The molecule has 27 nitrogen and oxygen atoms in total. The van der Waals surface area contributed by atoms with Gasteiger partial charge in [-0.25, -0.2) is 24.0 Å².